The molecule has 1 aromatic carbocycles. The fourth-order valence-corrected chi connectivity index (χ4v) is 4.15. The average Bonchev–Trinajstić information content (AvgIpc) is 3.18. The van der Waals surface area contributed by atoms with Gasteiger partial charge in [-0.25, -0.2) is 0 Å². The van der Waals surface area contributed by atoms with Crippen molar-refractivity contribution in [2.24, 2.45) is 0 Å². The second-order valence-corrected chi connectivity index (χ2v) is 7.71. The van der Waals surface area contributed by atoms with Gasteiger partial charge in [-0.2, -0.15) is 5.21 Å². The molecule has 0 unspecified atom stereocenters. The fraction of sp³-hybridized carbons (Fsp3) is 0.526. The van der Waals surface area contributed by atoms with Gasteiger partial charge in [0, 0.05) is 42.9 Å². The number of carbonyl (C=O) groups excluding carboxylic acids is 1. The predicted molar refractivity (Wildman–Crippen MR) is 105 cm³/mol. The highest BCUT2D eigenvalue weighted by Gasteiger charge is 2.29. The zero-order chi connectivity index (χ0) is 18.6. The van der Waals surface area contributed by atoms with E-state index in [-0.39, 0.29) is 5.91 Å². The van der Waals surface area contributed by atoms with E-state index in [4.69, 9.17) is 11.6 Å². The Kier molecular flexibility index (Phi) is 5.59. The normalized spacial score (nSPS) is 19.2. The van der Waals surface area contributed by atoms with Crippen LogP contribution in [0.2, 0.25) is 5.02 Å². The lowest BCUT2D eigenvalue weighted by molar-refractivity contribution is 0.0519. The van der Waals surface area contributed by atoms with Gasteiger partial charge in [0.25, 0.3) is 5.91 Å². The molecule has 27 heavy (non-hydrogen) atoms. The van der Waals surface area contributed by atoms with E-state index in [1.165, 1.54) is 32.1 Å². The summed E-state index contributed by atoms with van der Waals surface area (Å²) in [5.41, 5.74) is 1.14. The van der Waals surface area contributed by atoms with Gasteiger partial charge in [-0.15, -0.1) is 10.2 Å². The summed E-state index contributed by atoms with van der Waals surface area (Å²) < 4.78 is 0. The molecule has 2 fully saturated rings. The SMILES string of the molecule is O=C(c1n[nH]nc1Nc1ccc(Cl)cc1)N1CCN(C2CCCCC2)CC1. The van der Waals surface area contributed by atoms with Crippen LogP contribution >= 0.6 is 11.6 Å². The molecule has 7 nitrogen and oxygen atoms in total. The van der Waals surface area contributed by atoms with Gasteiger partial charge in [-0.1, -0.05) is 30.9 Å². The molecule has 2 aromatic rings. The molecule has 0 radical (unpaired) electrons. The number of aromatic nitrogens is 3. The lowest BCUT2D eigenvalue weighted by atomic mass is 9.94. The zero-order valence-electron chi connectivity index (χ0n) is 15.3. The van der Waals surface area contributed by atoms with Crippen molar-refractivity contribution in [3.8, 4) is 0 Å². The molecule has 2 aliphatic rings. The number of hydrogen-bond donors (Lipinski definition) is 2. The Morgan fingerprint density at radius 2 is 1.74 bits per heavy atom. The molecule has 1 saturated heterocycles. The summed E-state index contributed by atoms with van der Waals surface area (Å²) in [5, 5.41) is 14.5. The Labute approximate surface area is 164 Å². The number of benzene rings is 1. The van der Waals surface area contributed by atoms with Crippen molar-refractivity contribution in [3.05, 3.63) is 35.0 Å². The van der Waals surface area contributed by atoms with Gasteiger partial charge < -0.3 is 10.2 Å². The average molecular weight is 389 g/mol. The van der Waals surface area contributed by atoms with Gasteiger partial charge in [-0.3, -0.25) is 9.69 Å². The number of rotatable bonds is 4. The summed E-state index contributed by atoms with van der Waals surface area (Å²) >= 11 is 5.92. The number of amides is 1. The zero-order valence-corrected chi connectivity index (χ0v) is 16.1. The third-order valence-corrected chi connectivity index (χ3v) is 5.80. The van der Waals surface area contributed by atoms with Crippen molar-refractivity contribution in [1.29, 1.82) is 0 Å². The molecule has 4 rings (SSSR count). The van der Waals surface area contributed by atoms with Gasteiger partial charge in [0.1, 0.15) is 0 Å². The summed E-state index contributed by atoms with van der Waals surface area (Å²) in [6, 6.07) is 7.96. The number of halogens is 1. The Balaban J connectivity index is 1.37. The van der Waals surface area contributed by atoms with E-state index in [0.29, 0.717) is 22.6 Å². The third kappa shape index (κ3) is 4.25. The number of H-pyrrole nitrogens is 1. The quantitative estimate of drug-likeness (QED) is 0.840. The smallest absolute Gasteiger partial charge is 0.278 e. The molecular formula is C19H25ClN6O. The fourth-order valence-electron chi connectivity index (χ4n) is 4.02. The molecular weight excluding hydrogens is 364 g/mol. The van der Waals surface area contributed by atoms with E-state index in [1.807, 2.05) is 17.0 Å². The summed E-state index contributed by atoms with van der Waals surface area (Å²) in [6.07, 6.45) is 6.63. The highest BCUT2D eigenvalue weighted by Crippen LogP contribution is 2.24. The predicted octanol–water partition coefficient (Wildman–Crippen LogP) is 3.29. The van der Waals surface area contributed by atoms with Crippen molar-refractivity contribution < 1.29 is 4.79 Å². The van der Waals surface area contributed by atoms with E-state index in [0.717, 1.165) is 31.9 Å². The number of nitrogens with one attached hydrogen (secondary N) is 2. The molecule has 1 amide bonds. The summed E-state index contributed by atoms with van der Waals surface area (Å²) in [5.74, 6) is 0.362. The Morgan fingerprint density at radius 1 is 1.04 bits per heavy atom. The van der Waals surface area contributed by atoms with Crippen LogP contribution in [0.3, 0.4) is 0 Å². The lowest BCUT2D eigenvalue weighted by Gasteiger charge is -2.40. The molecule has 144 valence electrons. The summed E-state index contributed by atoms with van der Waals surface area (Å²) in [7, 11) is 0. The van der Waals surface area contributed by atoms with Gasteiger partial charge in [0.05, 0.1) is 0 Å². The van der Waals surface area contributed by atoms with E-state index in [9.17, 15) is 4.79 Å². The lowest BCUT2D eigenvalue weighted by Crippen LogP contribution is -2.52. The minimum atomic E-state index is -0.0801. The second-order valence-electron chi connectivity index (χ2n) is 7.27. The molecule has 2 heterocycles. The maximum atomic E-state index is 12.9. The van der Waals surface area contributed by atoms with Gasteiger partial charge in [0.15, 0.2) is 11.5 Å². The highest BCUT2D eigenvalue weighted by atomic mass is 35.5. The molecule has 0 spiro atoms. The molecule has 1 aliphatic carbocycles. The first-order valence-electron chi connectivity index (χ1n) is 9.67. The van der Waals surface area contributed by atoms with Gasteiger partial charge in [-0.05, 0) is 37.1 Å². The molecule has 1 aromatic heterocycles. The number of hydrogen-bond acceptors (Lipinski definition) is 5. The number of piperazine rings is 1. The van der Waals surface area contributed by atoms with Crippen LogP contribution in [-0.2, 0) is 0 Å². The Bertz CT molecular complexity index is 763. The van der Waals surface area contributed by atoms with Crippen LogP contribution in [0.1, 0.15) is 42.6 Å². The van der Waals surface area contributed by atoms with Gasteiger partial charge in [0.2, 0.25) is 0 Å². The largest absolute Gasteiger partial charge is 0.337 e. The number of nitrogens with zero attached hydrogens (tertiary/aromatic N) is 4. The number of anilines is 2. The molecule has 0 bridgehead atoms. The maximum Gasteiger partial charge on any atom is 0.278 e. The molecule has 2 N–H and O–H groups in total. The maximum absolute atomic E-state index is 12.9. The van der Waals surface area contributed by atoms with E-state index in [1.54, 1.807) is 12.1 Å². The van der Waals surface area contributed by atoms with Crippen molar-refractivity contribution >= 4 is 29.0 Å². The summed E-state index contributed by atoms with van der Waals surface area (Å²) in [4.78, 5) is 17.4. The first kappa shape index (κ1) is 18.3. The molecule has 0 atom stereocenters. The van der Waals surface area contributed by atoms with Crippen LogP contribution in [0.25, 0.3) is 0 Å². The van der Waals surface area contributed by atoms with Crippen LogP contribution in [0.15, 0.2) is 24.3 Å². The second kappa shape index (κ2) is 8.27. The monoisotopic (exact) mass is 388 g/mol. The Hall–Kier alpha value is -2.12. The molecule has 1 saturated carbocycles. The Morgan fingerprint density at radius 3 is 2.44 bits per heavy atom. The highest BCUT2D eigenvalue weighted by molar-refractivity contribution is 6.30. The van der Waals surface area contributed by atoms with Crippen molar-refractivity contribution in [3.63, 3.8) is 0 Å². The number of carbonyl (C=O) groups is 1. The van der Waals surface area contributed by atoms with Crippen LogP contribution in [0.4, 0.5) is 11.5 Å². The van der Waals surface area contributed by atoms with Crippen LogP contribution in [0.5, 0.6) is 0 Å². The topological polar surface area (TPSA) is 77.1 Å². The van der Waals surface area contributed by atoms with Crippen LogP contribution in [0, 0.1) is 0 Å². The summed E-state index contributed by atoms with van der Waals surface area (Å²) in [6.45, 7) is 3.35. The molecule has 1 aliphatic heterocycles. The van der Waals surface area contributed by atoms with Crippen molar-refractivity contribution in [2.45, 2.75) is 38.1 Å². The van der Waals surface area contributed by atoms with Crippen LogP contribution < -0.4 is 5.32 Å². The third-order valence-electron chi connectivity index (χ3n) is 5.55. The van der Waals surface area contributed by atoms with E-state index >= 15 is 0 Å². The first-order valence-corrected chi connectivity index (χ1v) is 10.1. The standard InChI is InChI=1S/C19H25ClN6O/c20-14-6-8-15(9-7-14)21-18-17(22-24-23-18)19(27)26-12-10-25(11-13-26)16-4-2-1-3-5-16/h6-9,16H,1-5,10-13H2,(H2,21,22,23,24). The van der Waals surface area contributed by atoms with Crippen molar-refractivity contribution in [2.75, 3.05) is 31.5 Å². The number of aromatic amines is 1. The first-order chi connectivity index (χ1) is 13.2. The minimum absolute atomic E-state index is 0.0801. The van der Waals surface area contributed by atoms with E-state index < -0.39 is 0 Å². The molecule has 8 heteroatoms. The van der Waals surface area contributed by atoms with E-state index in [2.05, 4.69) is 25.6 Å². The van der Waals surface area contributed by atoms with Crippen molar-refractivity contribution in [1.82, 2.24) is 25.2 Å². The minimum Gasteiger partial charge on any atom is -0.337 e. The van der Waals surface area contributed by atoms with Crippen LogP contribution in [-0.4, -0.2) is 63.3 Å². The van der Waals surface area contributed by atoms with Gasteiger partial charge >= 0.3 is 0 Å².